The minimum atomic E-state index is -3.01. The number of rotatable bonds is 9. The first-order valence-electron chi connectivity index (χ1n) is 10.3. The molecule has 1 aromatic rings. The van der Waals surface area contributed by atoms with Gasteiger partial charge in [-0.3, -0.25) is 0 Å². The molecule has 1 aromatic carbocycles. The number of carbonyl (C=O) groups is 4. The van der Waals surface area contributed by atoms with Crippen molar-refractivity contribution in [2.24, 2.45) is 0 Å². The van der Waals surface area contributed by atoms with Crippen molar-refractivity contribution in [3.8, 4) is 0 Å². The first kappa shape index (κ1) is 27.0. The van der Waals surface area contributed by atoms with Crippen LogP contribution in [0.4, 0.5) is 4.79 Å². The Morgan fingerprint density at radius 3 is 2.21 bits per heavy atom. The second kappa shape index (κ2) is 10.3. The number of epoxide rings is 1. The number of benzene rings is 1. The van der Waals surface area contributed by atoms with Crippen LogP contribution in [0.5, 0.6) is 0 Å². The van der Waals surface area contributed by atoms with Gasteiger partial charge < -0.3 is 24.4 Å². The molecule has 1 amide bonds. The molecule has 188 valence electrons. The molecule has 34 heavy (non-hydrogen) atoms. The van der Waals surface area contributed by atoms with Gasteiger partial charge in [-0.1, -0.05) is 37.3 Å². The number of nitrogens with zero attached hydrogens (tertiary/aromatic N) is 2. The maximum atomic E-state index is 12.8. The van der Waals surface area contributed by atoms with Gasteiger partial charge in [0.15, 0.2) is 0 Å². The maximum absolute atomic E-state index is 12.8. The third-order valence-corrected chi connectivity index (χ3v) is 4.30. The number of carbonyl (C=O) groups excluding carboxylic acids is 4. The number of aliphatic hydroxyl groups is 2. The molecule has 2 N–H and O–H groups in total. The highest BCUT2D eigenvalue weighted by atomic mass is 17.2. The Morgan fingerprint density at radius 1 is 1.12 bits per heavy atom. The van der Waals surface area contributed by atoms with Crippen LogP contribution in [0.15, 0.2) is 30.3 Å². The van der Waals surface area contributed by atoms with Gasteiger partial charge in [-0.15, -0.1) is 0 Å². The summed E-state index contributed by atoms with van der Waals surface area (Å²) in [5, 5.41) is 22.4. The minimum absolute atomic E-state index is 0.115. The summed E-state index contributed by atoms with van der Waals surface area (Å²) in [7, 11) is 1.22. The fraction of sp³-hybridized carbons (Fsp3) is 0.524. The first-order valence-corrected chi connectivity index (χ1v) is 10.3. The lowest BCUT2D eigenvalue weighted by Gasteiger charge is -2.40. The molecule has 2 unspecified atom stereocenters. The average Bonchev–Trinajstić information content (AvgIpc) is 3.40. The third-order valence-electron chi connectivity index (χ3n) is 4.30. The summed E-state index contributed by atoms with van der Waals surface area (Å²) in [6, 6.07) is 8.44. The molecule has 2 atom stereocenters. The van der Waals surface area contributed by atoms with E-state index in [1.54, 1.807) is 58.0 Å². The largest absolute Gasteiger partial charge is 0.443 e. The zero-order chi connectivity index (χ0) is 25.7. The van der Waals surface area contributed by atoms with Gasteiger partial charge in [0.2, 0.25) is 0 Å². The van der Waals surface area contributed by atoms with Crippen molar-refractivity contribution >= 4 is 24.0 Å². The number of amides is 1. The summed E-state index contributed by atoms with van der Waals surface area (Å²) in [5.41, 5.74) is -0.345. The standard InChI is InChI=1S/C21H28N2O11/c1-6-12-23(22(5)18(27)32-19(2,3)4)21(29,30-13-14-10-8-7-9-11-14)17(26)34-33-16(25)20(28)15(24)31-20/h7-11,28-29H,6,12-13H2,1-5H3. The lowest BCUT2D eigenvalue weighted by molar-refractivity contribution is -0.356. The first-order chi connectivity index (χ1) is 15.7. The molecule has 0 bridgehead atoms. The molecular formula is C21H28N2O11. The Morgan fingerprint density at radius 2 is 1.71 bits per heavy atom. The quantitative estimate of drug-likeness (QED) is 0.165. The van der Waals surface area contributed by atoms with Gasteiger partial charge >= 0.3 is 35.7 Å². The SMILES string of the molecule is CCCN(N(C)C(=O)OC(C)(C)C)C(O)(OCc1ccccc1)C(=O)OOC(=O)C1(O)OC1=O. The topological polar surface area (TPSA) is 165 Å². The van der Waals surface area contributed by atoms with Crippen LogP contribution in [-0.2, 0) is 45.0 Å². The summed E-state index contributed by atoms with van der Waals surface area (Å²) in [6.07, 6.45) is -0.613. The molecule has 0 saturated carbocycles. The molecule has 13 heteroatoms. The van der Waals surface area contributed by atoms with Crippen molar-refractivity contribution in [2.45, 2.75) is 58.0 Å². The summed E-state index contributed by atoms with van der Waals surface area (Å²) in [5.74, 6) is -10.6. The van der Waals surface area contributed by atoms with Crippen molar-refractivity contribution in [3.63, 3.8) is 0 Å². The van der Waals surface area contributed by atoms with E-state index in [0.29, 0.717) is 12.0 Å². The van der Waals surface area contributed by atoms with Gasteiger partial charge in [0.1, 0.15) is 5.60 Å². The Bertz CT molecular complexity index is 917. The van der Waals surface area contributed by atoms with E-state index in [4.69, 9.17) is 9.47 Å². The van der Waals surface area contributed by atoms with Crippen LogP contribution in [0.1, 0.15) is 39.7 Å². The predicted octanol–water partition coefficient (Wildman–Crippen LogP) is 0.590. The normalized spacial score (nSPS) is 19.0. The maximum Gasteiger partial charge on any atom is 0.439 e. The van der Waals surface area contributed by atoms with E-state index >= 15 is 0 Å². The zero-order valence-corrected chi connectivity index (χ0v) is 19.5. The van der Waals surface area contributed by atoms with E-state index in [-0.39, 0.29) is 13.2 Å². The Hall–Kier alpha value is -3.26. The van der Waals surface area contributed by atoms with Gasteiger partial charge in [-0.25, -0.2) is 34.0 Å². The molecule has 1 heterocycles. The Balaban J connectivity index is 2.29. The van der Waals surface area contributed by atoms with E-state index in [1.165, 1.54) is 7.05 Å². The van der Waals surface area contributed by atoms with Gasteiger partial charge in [0.05, 0.1) is 6.61 Å². The van der Waals surface area contributed by atoms with E-state index in [2.05, 4.69) is 14.5 Å². The van der Waals surface area contributed by atoms with Crippen LogP contribution in [-0.4, -0.2) is 75.1 Å². The van der Waals surface area contributed by atoms with E-state index < -0.39 is 41.3 Å². The van der Waals surface area contributed by atoms with Crippen molar-refractivity contribution in [1.82, 2.24) is 10.0 Å². The van der Waals surface area contributed by atoms with Crippen LogP contribution in [0.2, 0.25) is 0 Å². The summed E-state index contributed by atoms with van der Waals surface area (Å²) in [4.78, 5) is 56.7. The van der Waals surface area contributed by atoms with Gasteiger partial charge in [-0.2, -0.15) is 5.01 Å². The highest BCUT2D eigenvalue weighted by Gasteiger charge is 2.67. The predicted molar refractivity (Wildman–Crippen MR) is 110 cm³/mol. The molecular weight excluding hydrogens is 456 g/mol. The fourth-order valence-electron chi connectivity index (χ4n) is 2.56. The fourth-order valence-corrected chi connectivity index (χ4v) is 2.56. The second-order valence-corrected chi connectivity index (χ2v) is 8.28. The minimum Gasteiger partial charge on any atom is -0.443 e. The van der Waals surface area contributed by atoms with Crippen LogP contribution in [0, 0.1) is 0 Å². The monoisotopic (exact) mass is 484 g/mol. The number of hydrogen-bond donors (Lipinski definition) is 2. The zero-order valence-electron chi connectivity index (χ0n) is 19.5. The van der Waals surface area contributed by atoms with E-state index in [1.807, 2.05) is 0 Å². The van der Waals surface area contributed by atoms with Gasteiger partial charge in [0.25, 0.3) is 0 Å². The molecule has 1 aliphatic rings. The molecule has 1 saturated heterocycles. The Labute approximate surface area is 195 Å². The van der Waals surface area contributed by atoms with Crippen molar-refractivity contribution in [1.29, 1.82) is 0 Å². The van der Waals surface area contributed by atoms with E-state index in [0.717, 1.165) is 10.0 Å². The van der Waals surface area contributed by atoms with E-state index in [9.17, 15) is 29.4 Å². The molecule has 2 rings (SSSR count). The van der Waals surface area contributed by atoms with Gasteiger partial charge in [0, 0.05) is 13.6 Å². The molecule has 1 aliphatic heterocycles. The van der Waals surface area contributed by atoms with Crippen LogP contribution in [0.3, 0.4) is 0 Å². The second-order valence-electron chi connectivity index (χ2n) is 8.28. The number of hydrazine groups is 1. The lowest BCUT2D eigenvalue weighted by atomic mass is 10.2. The summed E-state index contributed by atoms with van der Waals surface area (Å²) >= 11 is 0. The number of hydrogen-bond acceptors (Lipinski definition) is 12. The average molecular weight is 484 g/mol. The molecule has 0 radical (unpaired) electrons. The number of ether oxygens (including phenoxy) is 3. The Kier molecular flexibility index (Phi) is 8.21. The van der Waals surface area contributed by atoms with Crippen molar-refractivity contribution in [3.05, 3.63) is 35.9 Å². The van der Waals surface area contributed by atoms with Crippen molar-refractivity contribution < 1.29 is 53.4 Å². The molecule has 1 fully saturated rings. The summed E-state index contributed by atoms with van der Waals surface area (Å²) in [6.45, 7) is 6.14. The highest BCUT2D eigenvalue weighted by molar-refractivity contribution is 6.11. The molecule has 0 spiro atoms. The summed E-state index contributed by atoms with van der Waals surface area (Å²) < 4.78 is 14.8. The van der Waals surface area contributed by atoms with Crippen LogP contribution < -0.4 is 0 Å². The lowest BCUT2D eigenvalue weighted by Crippen LogP contribution is -2.64. The van der Waals surface area contributed by atoms with Crippen LogP contribution >= 0.6 is 0 Å². The molecule has 0 aromatic heterocycles. The van der Waals surface area contributed by atoms with Gasteiger partial charge in [-0.05, 0) is 32.8 Å². The highest BCUT2D eigenvalue weighted by Crippen LogP contribution is 2.28. The molecule has 13 nitrogen and oxygen atoms in total. The van der Waals surface area contributed by atoms with Crippen molar-refractivity contribution in [2.75, 3.05) is 13.6 Å². The van der Waals surface area contributed by atoms with Crippen LogP contribution in [0.25, 0.3) is 0 Å². The molecule has 0 aliphatic carbocycles. The third kappa shape index (κ3) is 6.41. The number of cyclic esters (lactones) is 1. The smallest absolute Gasteiger partial charge is 0.439 e.